The SMILES string of the molecule is O=[N+]([O-])c1ccc(COc2ccc(Br)nc2)cc1F. The van der Waals surface area contributed by atoms with Crippen LogP contribution in [0.4, 0.5) is 10.1 Å². The molecule has 0 N–H and O–H groups in total. The summed E-state index contributed by atoms with van der Waals surface area (Å²) >= 11 is 3.19. The Balaban J connectivity index is 2.06. The normalized spacial score (nSPS) is 10.2. The summed E-state index contributed by atoms with van der Waals surface area (Å²) in [6.07, 6.45) is 1.52. The van der Waals surface area contributed by atoms with Crippen LogP contribution in [0.5, 0.6) is 5.75 Å². The number of ether oxygens (including phenoxy) is 1. The first kappa shape index (κ1) is 13.4. The Morgan fingerprint density at radius 1 is 1.37 bits per heavy atom. The van der Waals surface area contributed by atoms with Gasteiger partial charge in [-0.3, -0.25) is 10.1 Å². The molecule has 7 heteroatoms. The Hall–Kier alpha value is -2.02. The van der Waals surface area contributed by atoms with Crippen LogP contribution in [0.2, 0.25) is 0 Å². The molecular formula is C12H8BrFN2O3. The van der Waals surface area contributed by atoms with Crippen LogP contribution in [-0.4, -0.2) is 9.91 Å². The number of hydrogen-bond acceptors (Lipinski definition) is 4. The van der Waals surface area contributed by atoms with E-state index in [0.29, 0.717) is 15.9 Å². The van der Waals surface area contributed by atoms with Gasteiger partial charge in [0.15, 0.2) is 0 Å². The second kappa shape index (κ2) is 5.75. The molecule has 0 spiro atoms. The lowest BCUT2D eigenvalue weighted by atomic mass is 10.2. The molecule has 2 aromatic rings. The molecule has 2 rings (SSSR count). The number of pyridine rings is 1. The molecule has 1 heterocycles. The van der Waals surface area contributed by atoms with E-state index in [1.807, 2.05) is 0 Å². The summed E-state index contributed by atoms with van der Waals surface area (Å²) in [7, 11) is 0. The minimum Gasteiger partial charge on any atom is -0.487 e. The summed E-state index contributed by atoms with van der Waals surface area (Å²) in [5.41, 5.74) is -0.0416. The number of aromatic nitrogens is 1. The van der Waals surface area contributed by atoms with Crippen molar-refractivity contribution < 1.29 is 14.1 Å². The van der Waals surface area contributed by atoms with Gasteiger partial charge in [-0.2, -0.15) is 4.39 Å². The third-order valence-corrected chi connectivity index (χ3v) is 2.78. The average Bonchev–Trinajstić information content (AvgIpc) is 2.37. The topological polar surface area (TPSA) is 65.3 Å². The molecule has 0 radical (unpaired) electrons. The summed E-state index contributed by atoms with van der Waals surface area (Å²) in [5, 5.41) is 10.5. The first-order chi connectivity index (χ1) is 9.06. The van der Waals surface area contributed by atoms with Crippen molar-refractivity contribution in [3.8, 4) is 5.75 Å². The standard InChI is InChI=1S/C12H8BrFN2O3/c13-12-4-2-9(6-15-12)19-7-8-1-3-11(16(17)18)10(14)5-8/h1-6H,7H2. The van der Waals surface area contributed by atoms with Gasteiger partial charge in [0.25, 0.3) is 0 Å². The molecule has 1 aromatic carbocycles. The van der Waals surface area contributed by atoms with Crippen molar-refractivity contribution in [2.24, 2.45) is 0 Å². The molecule has 0 atom stereocenters. The van der Waals surface area contributed by atoms with E-state index in [4.69, 9.17) is 4.74 Å². The molecule has 0 saturated heterocycles. The zero-order valence-electron chi connectivity index (χ0n) is 9.55. The van der Waals surface area contributed by atoms with Gasteiger partial charge in [-0.25, -0.2) is 4.98 Å². The highest BCUT2D eigenvalue weighted by molar-refractivity contribution is 9.10. The lowest BCUT2D eigenvalue weighted by Crippen LogP contribution is -1.98. The molecule has 0 aliphatic rings. The molecule has 0 amide bonds. The number of nitro benzene ring substituents is 1. The van der Waals surface area contributed by atoms with E-state index in [0.717, 1.165) is 12.1 Å². The van der Waals surface area contributed by atoms with Gasteiger partial charge >= 0.3 is 5.69 Å². The fourth-order valence-electron chi connectivity index (χ4n) is 1.40. The maximum absolute atomic E-state index is 13.4. The van der Waals surface area contributed by atoms with Gasteiger partial charge in [-0.1, -0.05) is 0 Å². The Kier molecular flexibility index (Phi) is 4.06. The number of benzene rings is 1. The Bertz CT molecular complexity index is 604. The molecule has 0 bridgehead atoms. The van der Waals surface area contributed by atoms with Gasteiger partial charge in [0.2, 0.25) is 5.82 Å². The van der Waals surface area contributed by atoms with Gasteiger partial charge < -0.3 is 4.74 Å². The quantitative estimate of drug-likeness (QED) is 0.490. The van der Waals surface area contributed by atoms with Crippen LogP contribution in [0.3, 0.4) is 0 Å². The van der Waals surface area contributed by atoms with E-state index in [1.54, 1.807) is 12.1 Å². The number of hydrogen-bond donors (Lipinski definition) is 0. The van der Waals surface area contributed by atoms with Crippen molar-refractivity contribution in [1.82, 2.24) is 4.98 Å². The van der Waals surface area contributed by atoms with E-state index >= 15 is 0 Å². The van der Waals surface area contributed by atoms with Crippen LogP contribution >= 0.6 is 15.9 Å². The largest absolute Gasteiger partial charge is 0.487 e. The van der Waals surface area contributed by atoms with Gasteiger partial charge in [-0.15, -0.1) is 0 Å². The van der Waals surface area contributed by atoms with Crippen molar-refractivity contribution in [2.75, 3.05) is 0 Å². The maximum atomic E-state index is 13.4. The molecule has 0 fully saturated rings. The fraction of sp³-hybridized carbons (Fsp3) is 0.0833. The van der Waals surface area contributed by atoms with E-state index < -0.39 is 16.4 Å². The number of nitro groups is 1. The second-order valence-corrected chi connectivity index (χ2v) is 4.46. The highest BCUT2D eigenvalue weighted by Crippen LogP contribution is 2.19. The van der Waals surface area contributed by atoms with Gasteiger partial charge in [0, 0.05) is 6.07 Å². The summed E-state index contributed by atoms with van der Waals surface area (Å²) in [4.78, 5) is 13.7. The minimum atomic E-state index is -0.875. The summed E-state index contributed by atoms with van der Waals surface area (Å²) in [6.45, 7) is 0.109. The van der Waals surface area contributed by atoms with Gasteiger partial charge in [-0.05, 0) is 45.8 Å². The molecule has 19 heavy (non-hydrogen) atoms. The van der Waals surface area contributed by atoms with E-state index in [-0.39, 0.29) is 6.61 Å². The number of nitrogens with zero attached hydrogens (tertiary/aromatic N) is 2. The Labute approximate surface area is 116 Å². The molecule has 5 nitrogen and oxygen atoms in total. The van der Waals surface area contributed by atoms with E-state index in [9.17, 15) is 14.5 Å². The molecular weight excluding hydrogens is 319 g/mol. The average molecular weight is 327 g/mol. The molecule has 0 saturated carbocycles. The molecule has 1 aromatic heterocycles. The lowest BCUT2D eigenvalue weighted by molar-refractivity contribution is -0.387. The van der Waals surface area contributed by atoms with Gasteiger partial charge in [0.1, 0.15) is 17.0 Å². The predicted molar refractivity (Wildman–Crippen MR) is 69.3 cm³/mol. The minimum absolute atomic E-state index is 0.109. The van der Waals surface area contributed by atoms with Crippen LogP contribution in [0.1, 0.15) is 5.56 Å². The van der Waals surface area contributed by atoms with Crippen molar-refractivity contribution >= 4 is 21.6 Å². The van der Waals surface area contributed by atoms with Crippen LogP contribution in [-0.2, 0) is 6.61 Å². The van der Waals surface area contributed by atoms with Crippen molar-refractivity contribution in [3.05, 3.63) is 62.6 Å². The lowest BCUT2D eigenvalue weighted by Gasteiger charge is -2.06. The van der Waals surface area contributed by atoms with Crippen LogP contribution in [0.15, 0.2) is 41.1 Å². The molecule has 98 valence electrons. The van der Waals surface area contributed by atoms with Crippen LogP contribution < -0.4 is 4.74 Å². The van der Waals surface area contributed by atoms with E-state index in [2.05, 4.69) is 20.9 Å². The van der Waals surface area contributed by atoms with Gasteiger partial charge in [0.05, 0.1) is 11.1 Å². The van der Waals surface area contributed by atoms with Crippen molar-refractivity contribution in [3.63, 3.8) is 0 Å². The smallest absolute Gasteiger partial charge is 0.304 e. The first-order valence-electron chi connectivity index (χ1n) is 5.23. The predicted octanol–water partition coefficient (Wildman–Crippen LogP) is 3.47. The summed E-state index contributed by atoms with van der Waals surface area (Å²) in [6, 6.07) is 7.08. The molecule has 0 aliphatic heterocycles. The summed E-state index contributed by atoms with van der Waals surface area (Å²) < 4.78 is 19.4. The second-order valence-electron chi connectivity index (χ2n) is 3.65. The van der Waals surface area contributed by atoms with Crippen LogP contribution in [0, 0.1) is 15.9 Å². The number of halogens is 2. The number of rotatable bonds is 4. The van der Waals surface area contributed by atoms with E-state index in [1.165, 1.54) is 12.3 Å². The molecule has 0 aliphatic carbocycles. The zero-order chi connectivity index (χ0) is 13.8. The van der Waals surface area contributed by atoms with Crippen molar-refractivity contribution in [1.29, 1.82) is 0 Å². The molecule has 0 unspecified atom stereocenters. The summed E-state index contributed by atoms with van der Waals surface area (Å²) in [5.74, 6) is -0.345. The fourth-order valence-corrected chi connectivity index (χ4v) is 1.64. The maximum Gasteiger partial charge on any atom is 0.304 e. The third kappa shape index (κ3) is 3.47. The monoisotopic (exact) mass is 326 g/mol. The van der Waals surface area contributed by atoms with Crippen LogP contribution in [0.25, 0.3) is 0 Å². The first-order valence-corrected chi connectivity index (χ1v) is 6.03. The third-order valence-electron chi connectivity index (χ3n) is 2.31. The highest BCUT2D eigenvalue weighted by atomic mass is 79.9. The van der Waals surface area contributed by atoms with Crippen molar-refractivity contribution in [2.45, 2.75) is 6.61 Å². The highest BCUT2D eigenvalue weighted by Gasteiger charge is 2.13. The Morgan fingerprint density at radius 2 is 2.16 bits per heavy atom. The zero-order valence-corrected chi connectivity index (χ0v) is 11.1. The Morgan fingerprint density at radius 3 is 2.74 bits per heavy atom.